The summed E-state index contributed by atoms with van der Waals surface area (Å²) in [5, 5.41) is 16.6. The van der Waals surface area contributed by atoms with E-state index in [-0.39, 0.29) is 6.09 Å². The first-order valence-corrected chi connectivity index (χ1v) is 8.51. The number of aliphatic hydroxyl groups is 1. The fraction of sp³-hybridized carbons (Fsp3) is 0.941. The summed E-state index contributed by atoms with van der Waals surface area (Å²) in [7, 11) is 0. The lowest BCUT2D eigenvalue weighted by atomic mass is 9.95. The molecule has 0 aromatic heterocycles. The average molecular weight is 314 g/mol. The van der Waals surface area contributed by atoms with E-state index in [9.17, 15) is 9.90 Å². The Morgan fingerprint density at radius 3 is 2.32 bits per heavy atom. The Morgan fingerprint density at radius 1 is 1.23 bits per heavy atom. The molecular formula is C17H34N2O3. The molecule has 1 amide bonds. The van der Waals surface area contributed by atoms with Crippen molar-refractivity contribution in [3.8, 4) is 0 Å². The monoisotopic (exact) mass is 314 g/mol. The maximum absolute atomic E-state index is 11.7. The Hall–Kier alpha value is -0.810. The van der Waals surface area contributed by atoms with Gasteiger partial charge in [-0.2, -0.15) is 0 Å². The number of rotatable bonds is 7. The van der Waals surface area contributed by atoms with Gasteiger partial charge in [0.25, 0.3) is 0 Å². The van der Waals surface area contributed by atoms with Gasteiger partial charge in [0.15, 0.2) is 0 Å². The van der Waals surface area contributed by atoms with Gasteiger partial charge in [-0.25, -0.2) is 4.79 Å². The Kier molecular flexibility index (Phi) is 7.13. The first-order chi connectivity index (χ1) is 10.1. The lowest BCUT2D eigenvalue weighted by Gasteiger charge is -2.27. The molecule has 0 saturated heterocycles. The quantitative estimate of drug-likeness (QED) is 0.676. The van der Waals surface area contributed by atoms with Crippen LogP contribution in [0.2, 0.25) is 0 Å². The molecule has 0 aromatic carbocycles. The molecule has 0 aliphatic heterocycles. The van der Waals surface area contributed by atoms with Crippen LogP contribution >= 0.6 is 0 Å². The Labute approximate surface area is 135 Å². The molecule has 5 nitrogen and oxygen atoms in total. The summed E-state index contributed by atoms with van der Waals surface area (Å²) in [4.78, 5) is 11.7. The van der Waals surface area contributed by atoms with Gasteiger partial charge in [-0.1, -0.05) is 26.7 Å². The molecule has 1 saturated carbocycles. The van der Waals surface area contributed by atoms with E-state index in [0.29, 0.717) is 24.9 Å². The highest BCUT2D eigenvalue weighted by molar-refractivity contribution is 5.67. The van der Waals surface area contributed by atoms with Crippen LogP contribution in [0.1, 0.15) is 60.3 Å². The van der Waals surface area contributed by atoms with Crippen molar-refractivity contribution in [3.63, 3.8) is 0 Å². The predicted molar refractivity (Wildman–Crippen MR) is 88.9 cm³/mol. The van der Waals surface area contributed by atoms with Crippen molar-refractivity contribution in [3.05, 3.63) is 0 Å². The predicted octanol–water partition coefficient (Wildman–Crippen LogP) is 2.68. The smallest absolute Gasteiger partial charge is 0.407 e. The van der Waals surface area contributed by atoms with E-state index in [0.717, 1.165) is 32.2 Å². The van der Waals surface area contributed by atoms with Gasteiger partial charge in [-0.15, -0.1) is 0 Å². The summed E-state index contributed by atoms with van der Waals surface area (Å²) in [5.41, 5.74) is -0.998. The van der Waals surface area contributed by atoms with E-state index in [2.05, 4.69) is 24.5 Å². The SMILES string of the molecule is CC(C)C(CNCC1(O)CCCC1)CNC(=O)OC(C)(C)C. The van der Waals surface area contributed by atoms with Gasteiger partial charge < -0.3 is 20.5 Å². The van der Waals surface area contributed by atoms with Crippen molar-refractivity contribution in [1.82, 2.24) is 10.6 Å². The number of nitrogens with one attached hydrogen (secondary N) is 2. The molecule has 0 heterocycles. The molecule has 1 atom stereocenters. The van der Waals surface area contributed by atoms with Gasteiger partial charge >= 0.3 is 6.09 Å². The van der Waals surface area contributed by atoms with Crippen molar-refractivity contribution < 1.29 is 14.6 Å². The van der Waals surface area contributed by atoms with E-state index in [1.54, 1.807) is 0 Å². The second-order valence-electron chi connectivity index (χ2n) is 7.95. The maximum Gasteiger partial charge on any atom is 0.407 e. The second kappa shape index (κ2) is 8.16. The van der Waals surface area contributed by atoms with Crippen molar-refractivity contribution >= 4 is 6.09 Å². The van der Waals surface area contributed by atoms with Gasteiger partial charge in [-0.3, -0.25) is 0 Å². The minimum absolute atomic E-state index is 0.317. The third-order valence-corrected chi connectivity index (χ3v) is 4.25. The van der Waals surface area contributed by atoms with Crippen LogP contribution in [0.4, 0.5) is 4.79 Å². The van der Waals surface area contributed by atoms with Crippen molar-refractivity contribution in [2.24, 2.45) is 11.8 Å². The third kappa shape index (κ3) is 7.45. The molecule has 0 aromatic rings. The van der Waals surface area contributed by atoms with E-state index in [1.165, 1.54) is 0 Å². The first-order valence-electron chi connectivity index (χ1n) is 8.51. The lowest BCUT2D eigenvalue weighted by Crippen LogP contribution is -2.43. The van der Waals surface area contributed by atoms with Crippen LogP contribution < -0.4 is 10.6 Å². The molecule has 1 rings (SSSR count). The fourth-order valence-corrected chi connectivity index (χ4v) is 2.77. The summed E-state index contributed by atoms with van der Waals surface area (Å²) < 4.78 is 5.26. The summed E-state index contributed by atoms with van der Waals surface area (Å²) in [6.07, 6.45) is 3.65. The van der Waals surface area contributed by atoms with Gasteiger partial charge in [0.1, 0.15) is 5.60 Å². The summed E-state index contributed by atoms with van der Waals surface area (Å²) in [5.74, 6) is 0.762. The zero-order valence-electron chi connectivity index (χ0n) is 14.9. The highest BCUT2D eigenvalue weighted by atomic mass is 16.6. The standard InChI is InChI=1S/C17H34N2O3/c1-13(2)14(11-19-15(20)22-16(3,4)5)10-18-12-17(21)8-6-7-9-17/h13-14,18,21H,6-12H2,1-5H3,(H,19,20). The second-order valence-corrected chi connectivity index (χ2v) is 7.95. The molecule has 1 fully saturated rings. The van der Waals surface area contributed by atoms with Crippen LogP contribution in [0.15, 0.2) is 0 Å². The minimum atomic E-state index is -0.528. The van der Waals surface area contributed by atoms with Crippen molar-refractivity contribution in [2.45, 2.75) is 71.5 Å². The molecule has 5 heteroatoms. The molecule has 0 spiro atoms. The van der Waals surface area contributed by atoms with Gasteiger partial charge in [0, 0.05) is 13.1 Å². The zero-order valence-corrected chi connectivity index (χ0v) is 14.9. The van der Waals surface area contributed by atoms with Crippen molar-refractivity contribution in [1.29, 1.82) is 0 Å². The Balaban J connectivity index is 2.31. The number of alkyl carbamates (subject to hydrolysis) is 1. The van der Waals surface area contributed by atoms with Crippen LogP contribution in [0, 0.1) is 11.8 Å². The molecule has 22 heavy (non-hydrogen) atoms. The molecule has 0 radical (unpaired) electrons. The minimum Gasteiger partial charge on any atom is -0.444 e. The van der Waals surface area contributed by atoms with Crippen molar-refractivity contribution in [2.75, 3.05) is 19.6 Å². The average Bonchev–Trinajstić information content (AvgIpc) is 2.78. The van der Waals surface area contributed by atoms with Crippen LogP contribution in [0.3, 0.4) is 0 Å². The van der Waals surface area contributed by atoms with Gasteiger partial charge in [-0.05, 0) is 52.0 Å². The van der Waals surface area contributed by atoms with Gasteiger partial charge in [0.05, 0.1) is 5.60 Å². The fourth-order valence-electron chi connectivity index (χ4n) is 2.77. The van der Waals surface area contributed by atoms with E-state index >= 15 is 0 Å². The van der Waals surface area contributed by atoms with Crippen LogP contribution in [-0.2, 0) is 4.74 Å². The summed E-state index contributed by atoms with van der Waals surface area (Å²) in [6.45, 7) is 11.9. The first kappa shape index (κ1) is 19.2. The number of carbonyl (C=O) groups is 1. The molecule has 1 unspecified atom stereocenters. The lowest BCUT2D eigenvalue weighted by molar-refractivity contribution is 0.0445. The number of ether oxygens (including phenoxy) is 1. The maximum atomic E-state index is 11.7. The molecule has 1 aliphatic carbocycles. The molecule has 3 N–H and O–H groups in total. The topological polar surface area (TPSA) is 70.6 Å². The van der Waals surface area contributed by atoms with E-state index in [4.69, 9.17) is 4.74 Å². The zero-order chi connectivity index (χ0) is 16.8. The number of hydrogen-bond donors (Lipinski definition) is 3. The summed E-state index contributed by atoms with van der Waals surface area (Å²) in [6, 6.07) is 0. The largest absolute Gasteiger partial charge is 0.444 e. The van der Waals surface area contributed by atoms with Crippen LogP contribution in [0.5, 0.6) is 0 Å². The summed E-state index contributed by atoms with van der Waals surface area (Å²) >= 11 is 0. The van der Waals surface area contributed by atoms with Gasteiger partial charge in [0.2, 0.25) is 0 Å². The Bertz CT molecular complexity index is 344. The van der Waals surface area contributed by atoms with E-state index in [1.807, 2.05) is 20.8 Å². The highest BCUT2D eigenvalue weighted by Crippen LogP contribution is 2.28. The number of carbonyl (C=O) groups excluding carboxylic acids is 1. The van der Waals surface area contributed by atoms with E-state index < -0.39 is 11.2 Å². The molecule has 0 bridgehead atoms. The molecular weight excluding hydrogens is 280 g/mol. The van der Waals surface area contributed by atoms with Crippen LogP contribution in [0.25, 0.3) is 0 Å². The van der Waals surface area contributed by atoms with Crippen LogP contribution in [-0.4, -0.2) is 42.0 Å². The Morgan fingerprint density at radius 2 is 1.82 bits per heavy atom. The number of hydrogen-bond acceptors (Lipinski definition) is 4. The molecule has 1 aliphatic rings. The normalized spacial score (nSPS) is 19.2. The third-order valence-electron chi connectivity index (χ3n) is 4.25. The number of amides is 1. The highest BCUT2D eigenvalue weighted by Gasteiger charge is 2.30. The molecule has 130 valence electrons.